The van der Waals surface area contributed by atoms with Crippen molar-refractivity contribution in [3.05, 3.63) is 11.5 Å². The molecule has 0 atom stereocenters. The van der Waals surface area contributed by atoms with Crippen molar-refractivity contribution in [3.8, 4) is 0 Å². The number of esters is 1. The molecule has 0 N–H and O–H groups in total. The van der Waals surface area contributed by atoms with E-state index in [-0.39, 0.29) is 5.97 Å². The van der Waals surface area contributed by atoms with Crippen molar-refractivity contribution in [1.82, 2.24) is 0 Å². The molecule has 0 heterocycles. The standard InChI is InChI=1S/C15H30O4Si/c1-4-6-9-18-15(19-10-7-5-2)13(3)14(16)17-11-8-12-20/h4-12H2,1-3,20H3. The van der Waals surface area contributed by atoms with Gasteiger partial charge in [-0.1, -0.05) is 32.7 Å². The molecule has 118 valence electrons. The molecule has 0 rings (SSSR count). The third-order valence-electron chi connectivity index (χ3n) is 2.81. The van der Waals surface area contributed by atoms with Crippen LogP contribution in [0.2, 0.25) is 6.04 Å². The largest absolute Gasteiger partial charge is 0.465 e. The fourth-order valence-corrected chi connectivity index (χ4v) is 1.67. The highest BCUT2D eigenvalue weighted by atomic mass is 28.1. The van der Waals surface area contributed by atoms with Crippen LogP contribution in [0.5, 0.6) is 0 Å². The van der Waals surface area contributed by atoms with Gasteiger partial charge in [-0.25, -0.2) is 4.79 Å². The fraction of sp³-hybridized carbons (Fsp3) is 0.800. The minimum absolute atomic E-state index is 0.330. The summed E-state index contributed by atoms with van der Waals surface area (Å²) in [6.45, 7) is 7.53. The number of carbonyl (C=O) groups is 1. The summed E-state index contributed by atoms with van der Waals surface area (Å²) in [5, 5.41) is 0. The number of hydrogen-bond acceptors (Lipinski definition) is 4. The molecule has 0 fully saturated rings. The van der Waals surface area contributed by atoms with Crippen molar-refractivity contribution >= 4 is 16.2 Å². The molecule has 0 radical (unpaired) electrons. The lowest BCUT2D eigenvalue weighted by atomic mass is 10.3. The van der Waals surface area contributed by atoms with Crippen LogP contribution in [0.25, 0.3) is 0 Å². The fourth-order valence-electron chi connectivity index (χ4n) is 1.38. The van der Waals surface area contributed by atoms with E-state index < -0.39 is 0 Å². The van der Waals surface area contributed by atoms with Crippen molar-refractivity contribution in [3.63, 3.8) is 0 Å². The number of carbonyl (C=O) groups excluding carboxylic acids is 1. The maximum Gasteiger partial charge on any atom is 0.340 e. The van der Waals surface area contributed by atoms with Crippen molar-refractivity contribution in [2.75, 3.05) is 19.8 Å². The van der Waals surface area contributed by atoms with Gasteiger partial charge < -0.3 is 14.2 Å². The van der Waals surface area contributed by atoms with E-state index in [0.29, 0.717) is 31.3 Å². The SMILES string of the molecule is CCCCOC(OCCCC)=C(C)C(=O)OCCC[SiH3]. The molecule has 0 aliphatic heterocycles. The summed E-state index contributed by atoms with van der Waals surface area (Å²) in [5.74, 6) is 0.00545. The zero-order chi connectivity index (χ0) is 15.2. The second kappa shape index (κ2) is 13.0. The Balaban J connectivity index is 4.48. The monoisotopic (exact) mass is 302 g/mol. The Morgan fingerprint density at radius 3 is 1.85 bits per heavy atom. The lowest BCUT2D eigenvalue weighted by Gasteiger charge is -2.14. The first-order valence-corrected chi connectivity index (χ1v) is 9.22. The van der Waals surface area contributed by atoms with Gasteiger partial charge in [0.15, 0.2) is 0 Å². The Morgan fingerprint density at radius 1 is 0.900 bits per heavy atom. The highest BCUT2D eigenvalue weighted by Crippen LogP contribution is 2.12. The van der Waals surface area contributed by atoms with E-state index in [1.165, 1.54) is 0 Å². The van der Waals surface area contributed by atoms with Crippen LogP contribution in [0.3, 0.4) is 0 Å². The van der Waals surface area contributed by atoms with Gasteiger partial charge in [0.25, 0.3) is 5.95 Å². The topological polar surface area (TPSA) is 44.8 Å². The summed E-state index contributed by atoms with van der Waals surface area (Å²) >= 11 is 0. The molecule has 20 heavy (non-hydrogen) atoms. The first-order chi connectivity index (χ1) is 9.67. The van der Waals surface area contributed by atoms with Crippen LogP contribution in [0.1, 0.15) is 52.9 Å². The van der Waals surface area contributed by atoms with E-state index in [0.717, 1.165) is 48.4 Å². The van der Waals surface area contributed by atoms with Gasteiger partial charge in [0.05, 0.1) is 19.8 Å². The highest BCUT2D eigenvalue weighted by molar-refractivity contribution is 6.08. The molecule has 0 bridgehead atoms. The van der Waals surface area contributed by atoms with E-state index in [9.17, 15) is 4.79 Å². The number of hydrogen-bond donors (Lipinski definition) is 0. The molecule has 0 aliphatic carbocycles. The van der Waals surface area contributed by atoms with Crippen molar-refractivity contribution in [1.29, 1.82) is 0 Å². The van der Waals surface area contributed by atoms with Crippen LogP contribution in [-0.4, -0.2) is 36.0 Å². The van der Waals surface area contributed by atoms with Gasteiger partial charge in [-0.15, -0.1) is 0 Å². The summed E-state index contributed by atoms with van der Waals surface area (Å²) in [5.41, 5.74) is 0.436. The number of unbranched alkanes of at least 4 members (excludes halogenated alkanes) is 2. The van der Waals surface area contributed by atoms with E-state index in [4.69, 9.17) is 14.2 Å². The molecule has 0 aliphatic rings. The third kappa shape index (κ3) is 9.01. The van der Waals surface area contributed by atoms with Crippen LogP contribution in [-0.2, 0) is 19.0 Å². The van der Waals surface area contributed by atoms with E-state index in [2.05, 4.69) is 13.8 Å². The van der Waals surface area contributed by atoms with Crippen LogP contribution < -0.4 is 0 Å². The molecule has 0 aromatic heterocycles. The number of rotatable bonds is 12. The Kier molecular flexibility index (Phi) is 12.4. The second-order valence-electron chi connectivity index (χ2n) is 4.81. The second-order valence-corrected chi connectivity index (χ2v) is 5.81. The minimum atomic E-state index is -0.330. The lowest BCUT2D eigenvalue weighted by molar-refractivity contribution is -0.139. The molecule has 0 aromatic carbocycles. The molecule has 4 nitrogen and oxygen atoms in total. The Bertz CT molecular complexity index is 278. The Hall–Kier alpha value is -0.973. The zero-order valence-corrected chi connectivity index (χ0v) is 15.5. The van der Waals surface area contributed by atoms with Crippen LogP contribution >= 0.6 is 0 Å². The minimum Gasteiger partial charge on any atom is -0.465 e. The maximum atomic E-state index is 11.9. The summed E-state index contributed by atoms with van der Waals surface area (Å²) in [4.78, 5) is 11.9. The van der Waals surface area contributed by atoms with Gasteiger partial charge in [-0.3, -0.25) is 0 Å². The Labute approximate surface area is 126 Å². The van der Waals surface area contributed by atoms with Gasteiger partial charge in [0, 0.05) is 10.2 Å². The molecule has 5 heteroatoms. The van der Waals surface area contributed by atoms with Gasteiger partial charge in [-0.2, -0.15) is 0 Å². The van der Waals surface area contributed by atoms with Crippen molar-refractivity contribution in [2.24, 2.45) is 0 Å². The average molecular weight is 302 g/mol. The van der Waals surface area contributed by atoms with Gasteiger partial charge >= 0.3 is 5.97 Å². The summed E-state index contributed by atoms with van der Waals surface area (Å²) in [6, 6.07) is 1.14. The molecule has 0 spiro atoms. The predicted octanol–water partition coefficient (Wildman–Crippen LogP) is 2.57. The molecule has 0 amide bonds. The van der Waals surface area contributed by atoms with Gasteiger partial charge in [0.1, 0.15) is 5.57 Å². The summed E-state index contributed by atoms with van der Waals surface area (Å²) in [7, 11) is 1.14. The normalized spacial score (nSPS) is 10.2. The lowest BCUT2D eigenvalue weighted by Crippen LogP contribution is -2.13. The highest BCUT2D eigenvalue weighted by Gasteiger charge is 2.15. The molecule has 0 saturated heterocycles. The quantitative estimate of drug-likeness (QED) is 0.183. The van der Waals surface area contributed by atoms with Crippen molar-refractivity contribution < 1.29 is 19.0 Å². The smallest absolute Gasteiger partial charge is 0.340 e. The van der Waals surface area contributed by atoms with Gasteiger partial charge in [-0.05, 0) is 26.2 Å². The number of ether oxygens (including phenoxy) is 3. The molecule has 0 saturated carbocycles. The molecular weight excluding hydrogens is 272 g/mol. The summed E-state index contributed by atoms with van der Waals surface area (Å²) in [6.07, 6.45) is 4.93. The van der Waals surface area contributed by atoms with E-state index >= 15 is 0 Å². The van der Waals surface area contributed by atoms with E-state index in [1.54, 1.807) is 6.92 Å². The predicted molar refractivity (Wildman–Crippen MR) is 84.7 cm³/mol. The summed E-state index contributed by atoms with van der Waals surface area (Å²) < 4.78 is 16.4. The van der Waals surface area contributed by atoms with Gasteiger partial charge in [0.2, 0.25) is 0 Å². The maximum absolute atomic E-state index is 11.9. The molecule has 0 aromatic rings. The molecular formula is C15H30O4Si. The zero-order valence-electron chi connectivity index (χ0n) is 13.5. The molecule has 0 unspecified atom stereocenters. The van der Waals surface area contributed by atoms with E-state index in [1.807, 2.05) is 0 Å². The first-order valence-electron chi connectivity index (χ1n) is 7.80. The van der Waals surface area contributed by atoms with Crippen LogP contribution in [0, 0.1) is 0 Å². The third-order valence-corrected chi connectivity index (χ3v) is 3.51. The Morgan fingerprint density at radius 2 is 1.40 bits per heavy atom. The van der Waals surface area contributed by atoms with Crippen LogP contribution in [0.15, 0.2) is 11.5 Å². The van der Waals surface area contributed by atoms with Crippen molar-refractivity contribution in [2.45, 2.75) is 58.9 Å². The first kappa shape index (κ1) is 19.0. The average Bonchev–Trinajstić information content (AvgIpc) is 2.45. The van der Waals surface area contributed by atoms with Crippen LogP contribution in [0.4, 0.5) is 0 Å².